The summed E-state index contributed by atoms with van der Waals surface area (Å²) in [6.07, 6.45) is 0. The minimum absolute atomic E-state index is 0.0744. The van der Waals surface area contributed by atoms with Crippen molar-refractivity contribution in [1.29, 1.82) is 0 Å². The van der Waals surface area contributed by atoms with E-state index < -0.39 is 15.9 Å². The largest absolute Gasteiger partial charge is 0.483 e. The van der Waals surface area contributed by atoms with Gasteiger partial charge in [0.2, 0.25) is 0 Å². The van der Waals surface area contributed by atoms with Gasteiger partial charge in [0.25, 0.3) is 15.9 Å². The highest BCUT2D eigenvalue weighted by Crippen LogP contribution is 2.21. The van der Waals surface area contributed by atoms with Crippen LogP contribution in [0, 0.1) is 20.8 Å². The van der Waals surface area contributed by atoms with Gasteiger partial charge in [0.15, 0.2) is 6.61 Å². The molecule has 2 N–H and O–H groups in total. The summed E-state index contributed by atoms with van der Waals surface area (Å²) in [6, 6.07) is 9.71. The molecular weight excluding hydrogens is 364 g/mol. The van der Waals surface area contributed by atoms with Crippen molar-refractivity contribution in [3.8, 4) is 5.75 Å². The number of hydrazine groups is 1. The number of carbonyl (C=O) groups excluding carboxylic acids is 1. The summed E-state index contributed by atoms with van der Waals surface area (Å²) in [5.41, 5.74) is 4.73. The molecule has 0 radical (unpaired) electrons. The molecule has 2 aromatic rings. The second kappa shape index (κ2) is 7.86. The second-order valence-electron chi connectivity index (χ2n) is 5.60. The van der Waals surface area contributed by atoms with Crippen LogP contribution in [0.15, 0.2) is 41.3 Å². The van der Waals surface area contributed by atoms with Gasteiger partial charge < -0.3 is 4.74 Å². The number of halogens is 1. The van der Waals surface area contributed by atoms with E-state index in [0.717, 1.165) is 16.7 Å². The Balaban J connectivity index is 1.93. The second-order valence-corrected chi connectivity index (χ2v) is 7.72. The zero-order valence-corrected chi connectivity index (χ0v) is 15.7. The monoisotopic (exact) mass is 382 g/mol. The van der Waals surface area contributed by atoms with Gasteiger partial charge in [-0.05, 0) is 67.8 Å². The van der Waals surface area contributed by atoms with Crippen LogP contribution in [0.1, 0.15) is 16.7 Å². The molecule has 0 saturated heterocycles. The van der Waals surface area contributed by atoms with Gasteiger partial charge in [0, 0.05) is 5.02 Å². The Bertz CT molecular complexity index is 898. The average Bonchev–Trinajstić information content (AvgIpc) is 2.54. The molecule has 6 nitrogen and oxygen atoms in total. The van der Waals surface area contributed by atoms with Gasteiger partial charge in [-0.3, -0.25) is 10.2 Å². The molecule has 0 aliphatic carbocycles. The number of rotatable bonds is 6. The van der Waals surface area contributed by atoms with Gasteiger partial charge in [0.05, 0.1) is 4.90 Å². The first-order valence-electron chi connectivity index (χ1n) is 7.46. The number of aryl methyl sites for hydroxylation is 3. The van der Waals surface area contributed by atoms with Crippen LogP contribution in [0.5, 0.6) is 5.75 Å². The number of nitrogens with one attached hydrogen (secondary N) is 2. The van der Waals surface area contributed by atoms with Gasteiger partial charge in [-0.15, -0.1) is 4.83 Å². The topological polar surface area (TPSA) is 84.5 Å². The molecule has 8 heteroatoms. The predicted octanol–water partition coefficient (Wildman–Crippen LogP) is 2.65. The molecule has 0 atom stereocenters. The van der Waals surface area contributed by atoms with Crippen LogP contribution in [0.25, 0.3) is 0 Å². The summed E-state index contributed by atoms with van der Waals surface area (Å²) in [7, 11) is -3.85. The molecule has 0 heterocycles. The zero-order chi connectivity index (χ0) is 18.6. The predicted molar refractivity (Wildman–Crippen MR) is 96.1 cm³/mol. The van der Waals surface area contributed by atoms with Crippen molar-refractivity contribution in [2.45, 2.75) is 25.7 Å². The number of sulfonamides is 1. The van der Waals surface area contributed by atoms with Gasteiger partial charge >= 0.3 is 0 Å². The van der Waals surface area contributed by atoms with Crippen molar-refractivity contribution >= 4 is 27.5 Å². The minimum Gasteiger partial charge on any atom is -0.483 e. The van der Waals surface area contributed by atoms with E-state index in [1.807, 2.05) is 13.8 Å². The van der Waals surface area contributed by atoms with Crippen LogP contribution < -0.4 is 15.0 Å². The molecule has 0 aliphatic rings. The highest BCUT2D eigenvalue weighted by Gasteiger charge is 2.16. The Morgan fingerprint density at radius 2 is 1.76 bits per heavy atom. The standard InChI is InChI=1S/C17H19ClN2O4S/c1-11-4-6-15(9-12(11)2)25(22,23)20-19-17(21)10-24-16-7-5-14(18)8-13(16)3/h4-9,20H,10H2,1-3H3,(H,19,21). The van der Waals surface area contributed by atoms with E-state index in [1.54, 1.807) is 31.2 Å². The molecule has 0 aromatic heterocycles. The highest BCUT2D eigenvalue weighted by atomic mass is 35.5. The van der Waals surface area contributed by atoms with Crippen LogP contribution in [0.2, 0.25) is 5.02 Å². The van der Waals surface area contributed by atoms with Crippen LogP contribution in [-0.4, -0.2) is 20.9 Å². The highest BCUT2D eigenvalue weighted by molar-refractivity contribution is 7.89. The molecule has 25 heavy (non-hydrogen) atoms. The van der Waals surface area contributed by atoms with E-state index in [-0.39, 0.29) is 11.5 Å². The molecule has 0 aliphatic heterocycles. The Kier molecular flexibility index (Phi) is 6.05. The first kappa shape index (κ1) is 19.2. The molecule has 2 aromatic carbocycles. The third-order valence-corrected chi connectivity index (χ3v) is 5.09. The maximum absolute atomic E-state index is 12.2. The molecule has 0 unspecified atom stereocenters. The maximum Gasteiger partial charge on any atom is 0.272 e. The molecule has 2 rings (SSSR count). The molecule has 1 amide bonds. The van der Waals surface area contributed by atoms with Crippen molar-refractivity contribution in [2.24, 2.45) is 0 Å². The number of benzene rings is 2. The summed E-state index contributed by atoms with van der Waals surface area (Å²) in [6.45, 7) is 5.16. The average molecular weight is 383 g/mol. The van der Waals surface area contributed by atoms with Crippen LogP contribution in [0.4, 0.5) is 0 Å². The third-order valence-electron chi connectivity index (χ3n) is 3.61. The zero-order valence-electron chi connectivity index (χ0n) is 14.1. The fourth-order valence-corrected chi connectivity index (χ4v) is 3.19. The van der Waals surface area contributed by atoms with Crippen LogP contribution in [-0.2, 0) is 14.8 Å². The fourth-order valence-electron chi connectivity index (χ4n) is 2.02. The van der Waals surface area contributed by atoms with Crippen molar-refractivity contribution in [2.75, 3.05) is 6.61 Å². The fraction of sp³-hybridized carbons (Fsp3) is 0.235. The minimum atomic E-state index is -3.85. The third kappa shape index (κ3) is 5.19. The number of hydrogen-bond donors (Lipinski definition) is 2. The summed E-state index contributed by atoms with van der Waals surface area (Å²) < 4.78 is 29.7. The lowest BCUT2D eigenvalue weighted by molar-refractivity contribution is -0.123. The summed E-state index contributed by atoms with van der Waals surface area (Å²) in [5, 5.41) is 0.565. The Hall–Kier alpha value is -2.09. The van der Waals surface area contributed by atoms with Crippen LogP contribution in [0.3, 0.4) is 0 Å². The molecule has 0 fully saturated rings. The molecular formula is C17H19ClN2O4S. The Morgan fingerprint density at radius 3 is 2.40 bits per heavy atom. The molecule has 0 saturated carbocycles. The molecule has 134 valence electrons. The van der Waals surface area contributed by atoms with Gasteiger partial charge in [0.1, 0.15) is 5.75 Å². The van der Waals surface area contributed by atoms with E-state index in [2.05, 4.69) is 10.3 Å². The molecule has 0 bridgehead atoms. The van der Waals surface area contributed by atoms with E-state index in [0.29, 0.717) is 10.8 Å². The number of carbonyl (C=O) groups is 1. The van der Waals surface area contributed by atoms with Gasteiger partial charge in [-0.2, -0.15) is 0 Å². The SMILES string of the molecule is Cc1ccc(S(=O)(=O)NNC(=O)COc2ccc(Cl)cc2C)cc1C. The summed E-state index contributed by atoms with van der Waals surface area (Å²) in [5.74, 6) is -0.127. The van der Waals surface area contributed by atoms with Crippen molar-refractivity contribution < 1.29 is 17.9 Å². The summed E-state index contributed by atoms with van der Waals surface area (Å²) >= 11 is 5.85. The quantitative estimate of drug-likeness (QED) is 0.752. The van der Waals surface area contributed by atoms with E-state index in [9.17, 15) is 13.2 Å². The van der Waals surface area contributed by atoms with Crippen molar-refractivity contribution in [3.63, 3.8) is 0 Å². The number of hydrogen-bond acceptors (Lipinski definition) is 4. The smallest absolute Gasteiger partial charge is 0.272 e. The van der Waals surface area contributed by atoms with E-state index in [1.165, 1.54) is 12.1 Å². The van der Waals surface area contributed by atoms with Gasteiger partial charge in [-0.25, -0.2) is 8.42 Å². The van der Waals surface area contributed by atoms with E-state index in [4.69, 9.17) is 16.3 Å². The number of ether oxygens (including phenoxy) is 1. The van der Waals surface area contributed by atoms with Crippen LogP contribution >= 0.6 is 11.6 Å². The maximum atomic E-state index is 12.2. The lowest BCUT2D eigenvalue weighted by Crippen LogP contribution is -2.43. The normalized spacial score (nSPS) is 11.2. The Labute approximate surface area is 152 Å². The first-order chi connectivity index (χ1) is 11.7. The summed E-state index contributed by atoms with van der Waals surface area (Å²) in [4.78, 5) is 13.9. The van der Waals surface area contributed by atoms with Gasteiger partial charge in [-0.1, -0.05) is 17.7 Å². The van der Waals surface area contributed by atoms with Crippen molar-refractivity contribution in [1.82, 2.24) is 10.3 Å². The van der Waals surface area contributed by atoms with Crippen molar-refractivity contribution in [3.05, 3.63) is 58.1 Å². The van der Waals surface area contributed by atoms with E-state index >= 15 is 0 Å². The molecule has 0 spiro atoms. The first-order valence-corrected chi connectivity index (χ1v) is 9.32. The number of amides is 1. The lowest BCUT2D eigenvalue weighted by atomic mass is 10.1. The lowest BCUT2D eigenvalue weighted by Gasteiger charge is -2.11. The Morgan fingerprint density at radius 1 is 1.04 bits per heavy atom.